The Morgan fingerprint density at radius 1 is 1.44 bits per heavy atom. The molecule has 2 nitrogen and oxygen atoms in total. The molecule has 9 heavy (non-hydrogen) atoms. The molecule has 0 aromatic carbocycles. The van der Waals surface area contributed by atoms with E-state index in [4.69, 9.17) is 5.73 Å². The monoisotopic (exact) mass is 132 g/mol. The number of hydrogen-bond acceptors (Lipinski definition) is 1. The average Bonchev–Trinajstić information content (AvgIpc) is 1.89. The topological polar surface area (TPSA) is 45.9 Å². The van der Waals surface area contributed by atoms with E-state index in [2.05, 4.69) is 6.92 Å². The minimum Gasteiger partial charge on any atom is -0.330 e. The summed E-state index contributed by atoms with van der Waals surface area (Å²) < 4.78 is 0. The Labute approximate surface area is 58.1 Å². The van der Waals surface area contributed by atoms with Crippen LogP contribution in [-0.4, -0.2) is 13.2 Å². The van der Waals surface area contributed by atoms with Gasteiger partial charge in [-0.1, -0.05) is 20.8 Å². The quantitative estimate of drug-likeness (QED) is 0.607. The number of hydrogen-bond donors (Lipinski definition) is 1. The van der Waals surface area contributed by atoms with E-state index >= 15 is 0 Å². The van der Waals surface area contributed by atoms with Gasteiger partial charge in [-0.25, -0.2) is 5.11 Å². The Morgan fingerprint density at radius 2 is 1.67 bits per heavy atom. The third kappa shape index (κ3) is 32.6. The molecule has 0 unspecified atom stereocenters. The van der Waals surface area contributed by atoms with E-state index in [1.165, 1.54) is 0 Å². The van der Waals surface area contributed by atoms with E-state index in [0.29, 0.717) is 5.92 Å². The van der Waals surface area contributed by atoms with Crippen LogP contribution in [0.15, 0.2) is 0 Å². The maximum absolute atomic E-state index is 9.63. The first-order valence-corrected chi connectivity index (χ1v) is 3.47. The Balaban J connectivity index is 0. The van der Waals surface area contributed by atoms with Crippen molar-refractivity contribution in [3.05, 3.63) is 0 Å². The lowest BCUT2D eigenvalue weighted by molar-refractivity contribution is 0.158. The molecule has 2 N–H and O–H groups in total. The summed E-state index contributed by atoms with van der Waals surface area (Å²) in [6, 6.07) is 0. The molecule has 0 aromatic heterocycles. The summed E-state index contributed by atoms with van der Waals surface area (Å²) >= 11 is 0. The van der Waals surface area contributed by atoms with Crippen molar-refractivity contribution >= 4 is 0 Å². The van der Waals surface area contributed by atoms with Gasteiger partial charge in [-0.05, 0) is 18.9 Å². The molecule has 0 aliphatic carbocycles. The predicted octanol–water partition coefficient (Wildman–Crippen LogP) is 1.43. The number of rotatable bonds is 2. The standard InChI is InChI=1S/C4H9O.C3H9N/c1-4(2)3-5;1-2-3-4/h4H,3H2,1-2H3;2-4H2,1H3. The van der Waals surface area contributed by atoms with Crippen molar-refractivity contribution in [1.29, 1.82) is 0 Å². The van der Waals surface area contributed by atoms with Crippen LogP contribution in [0.2, 0.25) is 0 Å². The normalized spacial score (nSPS) is 8.67. The van der Waals surface area contributed by atoms with Gasteiger partial charge < -0.3 is 5.73 Å². The highest BCUT2D eigenvalue weighted by Gasteiger charge is 1.83. The fourth-order valence-electron chi connectivity index (χ4n) is 0. The van der Waals surface area contributed by atoms with Crippen LogP contribution >= 0.6 is 0 Å². The minimum atomic E-state index is 0.0556. The smallest absolute Gasteiger partial charge is 0.0845 e. The van der Waals surface area contributed by atoms with Crippen LogP contribution in [0.25, 0.3) is 0 Å². The van der Waals surface area contributed by atoms with Crippen LogP contribution in [0.3, 0.4) is 0 Å². The molecule has 0 aromatic rings. The summed E-state index contributed by atoms with van der Waals surface area (Å²) in [4.78, 5) is 0. The van der Waals surface area contributed by atoms with E-state index < -0.39 is 0 Å². The molecule has 0 aliphatic rings. The lowest BCUT2D eigenvalue weighted by Crippen LogP contribution is -1.93. The van der Waals surface area contributed by atoms with Gasteiger partial charge in [0.05, 0.1) is 6.61 Å². The van der Waals surface area contributed by atoms with Crippen molar-refractivity contribution in [3.8, 4) is 0 Å². The highest BCUT2D eigenvalue weighted by molar-refractivity contribution is 4.32. The molecule has 0 bridgehead atoms. The third-order valence-electron chi connectivity index (χ3n) is 0.622. The van der Waals surface area contributed by atoms with E-state index in [1.807, 2.05) is 13.8 Å². The summed E-state index contributed by atoms with van der Waals surface area (Å²) in [5.41, 5.74) is 5.03. The van der Waals surface area contributed by atoms with E-state index in [9.17, 15) is 5.11 Å². The van der Waals surface area contributed by atoms with Crippen molar-refractivity contribution in [1.82, 2.24) is 0 Å². The van der Waals surface area contributed by atoms with Gasteiger partial charge in [0.15, 0.2) is 0 Å². The first kappa shape index (κ1) is 11.7. The van der Waals surface area contributed by atoms with E-state index in [1.54, 1.807) is 0 Å². The van der Waals surface area contributed by atoms with Gasteiger partial charge in [0.25, 0.3) is 0 Å². The SMILES string of the molecule is CC(C)C[O].CCCN. The molecule has 0 rings (SSSR count). The molecule has 0 saturated heterocycles. The zero-order valence-electron chi connectivity index (χ0n) is 6.68. The largest absolute Gasteiger partial charge is 0.330 e. The maximum Gasteiger partial charge on any atom is 0.0845 e. The van der Waals surface area contributed by atoms with Gasteiger partial charge in [0.2, 0.25) is 0 Å². The van der Waals surface area contributed by atoms with Gasteiger partial charge in [-0.2, -0.15) is 0 Å². The zero-order valence-corrected chi connectivity index (χ0v) is 6.68. The minimum absolute atomic E-state index is 0.0556. The second-order valence-corrected chi connectivity index (χ2v) is 2.35. The van der Waals surface area contributed by atoms with Gasteiger partial charge >= 0.3 is 0 Å². The van der Waals surface area contributed by atoms with Crippen molar-refractivity contribution < 1.29 is 5.11 Å². The van der Waals surface area contributed by atoms with Crippen LogP contribution in [0.1, 0.15) is 27.2 Å². The second-order valence-electron chi connectivity index (χ2n) is 2.35. The maximum atomic E-state index is 9.63. The first-order chi connectivity index (χ1) is 4.18. The summed E-state index contributed by atoms with van der Waals surface area (Å²) in [6.07, 6.45) is 1.10. The van der Waals surface area contributed by atoms with Crippen molar-refractivity contribution in [2.24, 2.45) is 11.7 Å². The van der Waals surface area contributed by atoms with Gasteiger partial charge in [-0.15, -0.1) is 0 Å². The fourth-order valence-corrected chi connectivity index (χ4v) is 0. The Bertz CT molecular complexity index is 35.9. The molecular formula is C7H18NO. The summed E-state index contributed by atoms with van der Waals surface area (Å²) in [7, 11) is 0. The molecule has 0 amide bonds. The van der Waals surface area contributed by atoms with Crippen molar-refractivity contribution in [2.75, 3.05) is 13.2 Å². The van der Waals surface area contributed by atoms with Crippen LogP contribution < -0.4 is 5.73 Å². The van der Waals surface area contributed by atoms with Gasteiger partial charge in [0.1, 0.15) is 0 Å². The first-order valence-electron chi connectivity index (χ1n) is 3.47. The van der Waals surface area contributed by atoms with Gasteiger partial charge in [0, 0.05) is 0 Å². The summed E-state index contributed by atoms with van der Waals surface area (Å²) in [5.74, 6) is 0.329. The molecule has 0 heterocycles. The van der Waals surface area contributed by atoms with E-state index in [0.717, 1.165) is 13.0 Å². The third-order valence-corrected chi connectivity index (χ3v) is 0.622. The molecule has 57 valence electrons. The average molecular weight is 132 g/mol. The highest BCUT2D eigenvalue weighted by atomic mass is 16.3. The summed E-state index contributed by atoms with van der Waals surface area (Å²) in [5, 5.41) is 9.63. The number of nitrogens with two attached hydrogens (primary N) is 1. The molecule has 0 atom stereocenters. The lowest BCUT2D eigenvalue weighted by Gasteiger charge is -1.87. The van der Waals surface area contributed by atoms with Crippen LogP contribution in [0, 0.1) is 5.92 Å². The Kier molecular flexibility index (Phi) is 14.0. The zero-order chi connectivity index (χ0) is 7.70. The Morgan fingerprint density at radius 3 is 1.67 bits per heavy atom. The Hall–Kier alpha value is -0.0800. The molecule has 0 spiro atoms. The molecule has 1 radical (unpaired) electrons. The molecule has 0 saturated carbocycles. The molecule has 2 heteroatoms. The highest BCUT2D eigenvalue weighted by Crippen LogP contribution is 1.84. The van der Waals surface area contributed by atoms with E-state index in [-0.39, 0.29) is 6.61 Å². The van der Waals surface area contributed by atoms with Crippen molar-refractivity contribution in [2.45, 2.75) is 27.2 Å². The van der Waals surface area contributed by atoms with Crippen LogP contribution in [0.4, 0.5) is 0 Å². The summed E-state index contributed by atoms with van der Waals surface area (Å²) in [6.45, 7) is 6.75. The second kappa shape index (κ2) is 10.8. The van der Waals surface area contributed by atoms with Crippen LogP contribution in [0.5, 0.6) is 0 Å². The lowest BCUT2D eigenvalue weighted by atomic mass is 10.2. The van der Waals surface area contributed by atoms with Crippen molar-refractivity contribution in [3.63, 3.8) is 0 Å². The molecular weight excluding hydrogens is 114 g/mol. The van der Waals surface area contributed by atoms with Crippen LogP contribution in [-0.2, 0) is 5.11 Å². The van der Waals surface area contributed by atoms with Gasteiger partial charge in [-0.3, -0.25) is 0 Å². The fraction of sp³-hybridized carbons (Fsp3) is 1.00. The predicted molar refractivity (Wildman–Crippen MR) is 39.7 cm³/mol. The molecule has 0 aliphatic heterocycles. The molecule has 0 fully saturated rings.